The summed E-state index contributed by atoms with van der Waals surface area (Å²) in [5, 5.41) is 12.3. The van der Waals surface area contributed by atoms with E-state index in [4.69, 9.17) is 14.2 Å². The molecule has 0 heterocycles. The van der Waals surface area contributed by atoms with Gasteiger partial charge in [-0.2, -0.15) is 0 Å². The van der Waals surface area contributed by atoms with E-state index >= 15 is 0 Å². The Morgan fingerprint density at radius 3 is 2.44 bits per heavy atom. The standard InChI is InChI=1S/C20H29NO6/c1-15(23)25-12-8-11-18(26-14-16-9-6-5-7-10-16)17(13-22)21-19(24)27-20(2,3)4/h5-11,17-18,22H,12-14H2,1-4H3,(H,21,24)/b11-8+/t17-,18+/m0/s1. The summed E-state index contributed by atoms with van der Waals surface area (Å²) in [5.41, 5.74) is 0.292. The van der Waals surface area contributed by atoms with E-state index in [0.717, 1.165) is 5.56 Å². The first-order chi connectivity index (χ1) is 12.7. The highest BCUT2D eigenvalue weighted by molar-refractivity contribution is 5.68. The molecule has 1 amide bonds. The van der Waals surface area contributed by atoms with Crippen LogP contribution in [0, 0.1) is 0 Å². The zero-order chi connectivity index (χ0) is 20.3. The molecular weight excluding hydrogens is 350 g/mol. The molecule has 2 atom stereocenters. The number of alkyl carbamates (subject to hydrolysis) is 1. The number of nitrogens with one attached hydrogen (secondary N) is 1. The van der Waals surface area contributed by atoms with Crippen molar-refractivity contribution in [2.24, 2.45) is 0 Å². The normalized spacial score (nSPS) is 13.8. The van der Waals surface area contributed by atoms with Gasteiger partial charge in [0.05, 0.1) is 25.4 Å². The van der Waals surface area contributed by atoms with Crippen molar-refractivity contribution in [3.8, 4) is 0 Å². The molecule has 0 saturated carbocycles. The number of rotatable bonds is 9. The summed E-state index contributed by atoms with van der Waals surface area (Å²) < 4.78 is 16.0. The van der Waals surface area contributed by atoms with Crippen molar-refractivity contribution < 1.29 is 28.9 Å². The van der Waals surface area contributed by atoms with Gasteiger partial charge in [0.2, 0.25) is 0 Å². The third kappa shape index (κ3) is 10.4. The average molecular weight is 379 g/mol. The average Bonchev–Trinajstić information content (AvgIpc) is 2.58. The van der Waals surface area contributed by atoms with Crippen molar-refractivity contribution in [2.75, 3.05) is 13.2 Å². The smallest absolute Gasteiger partial charge is 0.408 e. The fourth-order valence-electron chi connectivity index (χ4n) is 2.12. The molecule has 0 spiro atoms. The first kappa shape index (κ1) is 22.7. The predicted octanol–water partition coefficient (Wildman–Crippen LogP) is 2.58. The zero-order valence-corrected chi connectivity index (χ0v) is 16.3. The van der Waals surface area contributed by atoms with E-state index < -0.39 is 29.8 Å². The highest BCUT2D eigenvalue weighted by atomic mass is 16.6. The maximum Gasteiger partial charge on any atom is 0.408 e. The number of aliphatic hydroxyl groups is 1. The van der Waals surface area contributed by atoms with Gasteiger partial charge in [-0.05, 0) is 32.4 Å². The molecule has 7 nitrogen and oxygen atoms in total. The van der Waals surface area contributed by atoms with Gasteiger partial charge in [-0.15, -0.1) is 0 Å². The van der Waals surface area contributed by atoms with E-state index in [9.17, 15) is 14.7 Å². The lowest BCUT2D eigenvalue weighted by atomic mass is 10.1. The summed E-state index contributed by atoms with van der Waals surface area (Å²) >= 11 is 0. The van der Waals surface area contributed by atoms with Crippen LogP contribution in [0.4, 0.5) is 4.79 Å². The number of aliphatic hydroxyl groups excluding tert-OH is 1. The second-order valence-electron chi connectivity index (χ2n) is 6.93. The van der Waals surface area contributed by atoms with Gasteiger partial charge >= 0.3 is 12.1 Å². The van der Waals surface area contributed by atoms with Crippen molar-refractivity contribution >= 4 is 12.1 Å². The van der Waals surface area contributed by atoms with Crippen LogP contribution in [-0.2, 0) is 25.6 Å². The lowest BCUT2D eigenvalue weighted by Crippen LogP contribution is -2.47. The Balaban J connectivity index is 2.78. The highest BCUT2D eigenvalue weighted by Gasteiger charge is 2.24. The topological polar surface area (TPSA) is 94.1 Å². The number of benzene rings is 1. The quantitative estimate of drug-likeness (QED) is 0.506. The molecule has 0 bridgehead atoms. The molecular formula is C20H29NO6. The molecule has 150 valence electrons. The Labute approximate surface area is 160 Å². The van der Waals surface area contributed by atoms with Crippen LogP contribution < -0.4 is 5.32 Å². The number of hydrogen-bond donors (Lipinski definition) is 2. The van der Waals surface area contributed by atoms with Gasteiger partial charge in [0, 0.05) is 6.92 Å². The Hall–Kier alpha value is -2.38. The van der Waals surface area contributed by atoms with E-state index in [-0.39, 0.29) is 19.8 Å². The first-order valence-electron chi connectivity index (χ1n) is 8.77. The largest absolute Gasteiger partial charge is 0.462 e. The van der Waals surface area contributed by atoms with E-state index in [1.165, 1.54) is 6.92 Å². The second kappa shape index (κ2) is 11.4. The lowest BCUT2D eigenvalue weighted by Gasteiger charge is -2.27. The summed E-state index contributed by atoms with van der Waals surface area (Å²) in [6, 6.07) is 8.79. The molecule has 0 aliphatic heterocycles. The van der Waals surface area contributed by atoms with Crippen LogP contribution in [0.2, 0.25) is 0 Å². The van der Waals surface area contributed by atoms with E-state index in [2.05, 4.69) is 5.32 Å². The van der Waals surface area contributed by atoms with E-state index in [1.807, 2.05) is 30.3 Å². The Morgan fingerprint density at radius 1 is 1.22 bits per heavy atom. The molecule has 0 aliphatic rings. The number of amides is 1. The number of ether oxygens (including phenoxy) is 3. The molecule has 0 unspecified atom stereocenters. The van der Waals surface area contributed by atoms with Crippen molar-refractivity contribution in [3.63, 3.8) is 0 Å². The molecule has 1 aromatic rings. The molecule has 1 aromatic carbocycles. The number of carbonyl (C=O) groups excluding carboxylic acids is 2. The van der Waals surface area contributed by atoms with Crippen molar-refractivity contribution in [1.82, 2.24) is 5.32 Å². The van der Waals surface area contributed by atoms with Gasteiger partial charge in [0.25, 0.3) is 0 Å². The van der Waals surface area contributed by atoms with Gasteiger partial charge in [0.15, 0.2) is 0 Å². The lowest BCUT2D eigenvalue weighted by molar-refractivity contribution is -0.139. The fraction of sp³-hybridized carbons (Fsp3) is 0.500. The van der Waals surface area contributed by atoms with Crippen LogP contribution in [-0.4, -0.2) is 48.1 Å². The maximum atomic E-state index is 12.0. The minimum atomic E-state index is -0.725. The van der Waals surface area contributed by atoms with Gasteiger partial charge in [-0.3, -0.25) is 4.79 Å². The molecule has 0 radical (unpaired) electrons. The van der Waals surface area contributed by atoms with Crippen LogP contribution >= 0.6 is 0 Å². The molecule has 27 heavy (non-hydrogen) atoms. The number of esters is 1. The highest BCUT2D eigenvalue weighted by Crippen LogP contribution is 2.11. The first-order valence-corrected chi connectivity index (χ1v) is 8.77. The predicted molar refractivity (Wildman–Crippen MR) is 101 cm³/mol. The summed E-state index contributed by atoms with van der Waals surface area (Å²) in [6.07, 6.45) is 1.96. The number of carbonyl (C=O) groups is 2. The Bertz CT molecular complexity index is 609. The molecule has 0 saturated heterocycles. The Morgan fingerprint density at radius 2 is 1.89 bits per heavy atom. The third-order valence-corrected chi connectivity index (χ3v) is 3.29. The summed E-state index contributed by atoms with van der Waals surface area (Å²) in [6.45, 7) is 6.59. The SMILES string of the molecule is CC(=O)OC/C=C/[C@@H](OCc1ccccc1)[C@H](CO)NC(=O)OC(C)(C)C. The van der Waals surface area contributed by atoms with Crippen LogP contribution in [0.1, 0.15) is 33.3 Å². The van der Waals surface area contributed by atoms with Gasteiger partial charge in [0.1, 0.15) is 12.2 Å². The molecule has 0 aliphatic carbocycles. The summed E-state index contributed by atoms with van der Waals surface area (Å²) in [5.74, 6) is -0.396. The van der Waals surface area contributed by atoms with Crippen LogP contribution in [0.25, 0.3) is 0 Å². The van der Waals surface area contributed by atoms with Crippen molar-refractivity contribution in [2.45, 2.75) is 52.0 Å². The van der Waals surface area contributed by atoms with E-state index in [0.29, 0.717) is 0 Å². The van der Waals surface area contributed by atoms with Crippen LogP contribution in [0.15, 0.2) is 42.5 Å². The fourth-order valence-corrected chi connectivity index (χ4v) is 2.12. The van der Waals surface area contributed by atoms with E-state index in [1.54, 1.807) is 32.9 Å². The summed E-state index contributed by atoms with van der Waals surface area (Å²) in [4.78, 5) is 22.9. The number of hydrogen-bond acceptors (Lipinski definition) is 6. The van der Waals surface area contributed by atoms with Crippen molar-refractivity contribution in [3.05, 3.63) is 48.0 Å². The van der Waals surface area contributed by atoms with Gasteiger partial charge < -0.3 is 24.6 Å². The second-order valence-corrected chi connectivity index (χ2v) is 6.93. The monoisotopic (exact) mass is 379 g/mol. The molecule has 2 N–H and O–H groups in total. The van der Waals surface area contributed by atoms with Crippen LogP contribution in [0.5, 0.6) is 0 Å². The maximum absolute atomic E-state index is 12.0. The third-order valence-electron chi connectivity index (χ3n) is 3.29. The minimum Gasteiger partial charge on any atom is -0.462 e. The minimum absolute atomic E-state index is 0.0745. The van der Waals surface area contributed by atoms with Crippen LogP contribution in [0.3, 0.4) is 0 Å². The molecule has 1 rings (SSSR count). The van der Waals surface area contributed by atoms with Gasteiger partial charge in [-0.25, -0.2) is 4.79 Å². The summed E-state index contributed by atoms with van der Waals surface area (Å²) in [7, 11) is 0. The Kier molecular flexibility index (Phi) is 9.53. The zero-order valence-electron chi connectivity index (χ0n) is 16.3. The molecule has 0 aromatic heterocycles. The van der Waals surface area contributed by atoms with Crippen molar-refractivity contribution in [1.29, 1.82) is 0 Å². The van der Waals surface area contributed by atoms with Gasteiger partial charge in [-0.1, -0.05) is 36.4 Å². The molecule has 7 heteroatoms. The molecule has 0 fully saturated rings.